The highest BCUT2D eigenvalue weighted by atomic mass is 14.9. The fraction of sp³-hybridized carbons (Fsp3) is 0.792. The monoisotopic (exact) mass is 346 g/mol. The number of aryl methyl sites for hydroxylation is 2. The van der Waals surface area contributed by atoms with Crippen molar-refractivity contribution in [2.75, 3.05) is 0 Å². The van der Waals surface area contributed by atoms with Gasteiger partial charge in [0.05, 0.1) is 0 Å². The molecule has 1 nitrogen and oxygen atoms in total. The van der Waals surface area contributed by atoms with Gasteiger partial charge in [0, 0.05) is 18.6 Å². The van der Waals surface area contributed by atoms with Crippen molar-refractivity contribution < 1.29 is 4.57 Å². The molecule has 1 rings (SSSR count). The molecule has 0 saturated carbocycles. The average Bonchev–Trinajstić information content (AvgIpc) is 2.64. The Balaban J connectivity index is 1.94. The fourth-order valence-corrected chi connectivity index (χ4v) is 3.52. The molecule has 0 aliphatic heterocycles. The summed E-state index contributed by atoms with van der Waals surface area (Å²) in [6.07, 6.45) is 26.9. The third kappa shape index (κ3) is 13.1. The lowest BCUT2D eigenvalue weighted by Gasteiger charge is -2.03. The second-order valence-electron chi connectivity index (χ2n) is 7.79. The number of nitrogens with zero attached hydrogens (tertiary/aromatic N) is 1. The molecular weight excluding hydrogens is 302 g/mol. The molecule has 1 aromatic heterocycles. The molecule has 0 N–H and O–H groups in total. The molecular formula is C24H44N+. The first kappa shape index (κ1) is 22.2. The van der Waals surface area contributed by atoms with Gasteiger partial charge >= 0.3 is 0 Å². The molecule has 25 heavy (non-hydrogen) atoms. The summed E-state index contributed by atoms with van der Waals surface area (Å²) in [4.78, 5) is 0. The maximum atomic E-state index is 2.36. The van der Waals surface area contributed by atoms with Crippen LogP contribution in [0.2, 0.25) is 0 Å². The topological polar surface area (TPSA) is 3.88 Å². The van der Waals surface area contributed by atoms with E-state index in [1.54, 1.807) is 0 Å². The highest BCUT2D eigenvalue weighted by Gasteiger charge is 2.01. The van der Waals surface area contributed by atoms with Crippen LogP contribution in [0.15, 0.2) is 24.5 Å². The minimum Gasteiger partial charge on any atom is -0.205 e. The normalized spacial score (nSPS) is 11.1. The van der Waals surface area contributed by atoms with Gasteiger partial charge in [-0.05, 0) is 24.8 Å². The van der Waals surface area contributed by atoms with Crippen LogP contribution in [0, 0.1) is 0 Å². The van der Waals surface area contributed by atoms with Crippen molar-refractivity contribution in [1.82, 2.24) is 0 Å². The number of unbranched alkanes of at least 4 members (excludes halogenated alkanes) is 13. The standard InChI is InChI=1S/C24H44N/c1-3-5-7-9-10-11-12-13-14-15-17-21-25-22-19-24(20-23-25)18-16-8-6-4-2/h19-20,22-23H,3-18,21H2,1-2H3/q+1. The smallest absolute Gasteiger partial charge is 0.169 e. The van der Waals surface area contributed by atoms with Crippen LogP contribution in [0.1, 0.15) is 116 Å². The summed E-state index contributed by atoms with van der Waals surface area (Å²) in [6.45, 7) is 5.76. The van der Waals surface area contributed by atoms with Gasteiger partial charge in [0.1, 0.15) is 6.54 Å². The van der Waals surface area contributed by atoms with Gasteiger partial charge in [-0.15, -0.1) is 0 Å². The van der Waals surface area contributed by atoms with Crippen LogP contribution < -0.4 is 4.57 Å². The molecule has 0 aromatic carbocycles. The highest BCUT2D eigenvalue weighted by molar-refractivity contribution is 5.07. The molecule has 0 unspecified atom stereocenters. The van der Waals surface area contributed by atoms with Crippen molar-refractivity contribution in [3.8, 4) is 0 Å². The second kappa shape index (κ2) is 16.6. The van der Waals surface area contributed by atoms with Gasteiger partial charge in [0.15, 0.2) is 12.4 Å². The van der Waals surface area contributed by atoms with E-state index >= 15 is 0 Å². The number of pyridine rings is 1. The molecule has 1 aromatic rings. The molecule has 0 aliphatic carbocycles. The van der Waals surface area contributed by atoms with E-state index in [1.165, 1.54) is 115 Å². The molecule has 1 heteroatoms. The lowest BCUT2D eigenvalue weighted by Crippen LogP contribution is -2.32. The van der Waals surface area contributed by atoms with E-state index in [4.69, 9.17) is 0 Å². The minimum absolute atomic E-state index is 1.19. The Morgan fingerprint density at radius 2 is 1.00 bits per heavy atom. The molecule has 0 amide bonds. The summed E-state index contributed by atoms with van der Waals surface area (Å²) in [6, 6.07) is 4.65. The van der Waals surface area contributed by atoms with E-state index in [1.807, 2.05) is 0 Å². The Labute approximate surface area is 158 Å². The van der Waals surface area contributed by atoms with Crippen molar-refractivity contribution in [2.24, 2.45) is 0 Å². The largest absolute Gasteiger partial charge is 0.205 e. The number of aromatic nitrogens is 1. The predicted octanol–water partition coefficient (Wildman–Crippen LogP) is 7.41. The summed E-state index contributed by atoms with van der Waals surface area (Å²) >= 11 is 0. The molecule has 1 heterocycles. The van der Waals surface area contributed by atoms with Crippen molar-refractivity contribution in [2.45, 2.75) is 123 Å². The first-order chi connectivity index (χ1) is 12.4. The third-order valence-electron chi connectivity index (χ3n) is 5.30. The van der Waals surface area contributed by atoms with Crippen LogP contribution in [-0.2, 0) is 13.0 Å². The minimum atomic E-state index is 1.19. The molecule has 0 radical (unpaired) electrons. The van der Waals surface area contributed by atoms with Gasteiger partial charge < -0.3 is 0 Å². The van der Waals surface area contributed by atoms with Crippen molar-refractivity contribution in [1.29, 1.82) is 0 Å². The molecule has 0 atom stereocenters. The molecule has 0 spiro atoms. The Hall–Kier alpha value is -0.850. The van der Waals surface area contributed by atoms with Gasteiger partial charge in [-0.3, -0.25) is 0 Å². The number of rotatable bonds is 17. The molecule has 0 bridgehead atoms. The first-order valence-electron chi connectivity index (χ1n) is 11.3. The lowest BCUT2D eigenvalue weighted by molar-refractivity contribution is -0.697. The first-order valence-corrected chi connectivity index (χ1v) is 11.3. The summed E-state index contributed by atoms with van der Waals surface area (Å²) in [7, 11) is 0. The maximum absolute atomic E-state index is 2.36. The van der Waals surface area contributed by atoms with E-state index in [2.05, 4.69) is 42.9 Å². The molecule has 0 fully saturated rings. The third-order valence-corrected chi connectivity index (χ3v) is 5.30. The Kier molecular flexibility index (Phi) is 14.7. The van der Waals surface area contributed by atoms with Crippen molar-refractivity contribution in [3.63, 3.8) is 0 Å². The van der Waals surface area contributed by atoms with E-state index < -0.39 is 0 Å². The molecule has 0 aliphatic rings. The number of hydrogen-bond donors (Lipinski definition) is 0. The zero-order chi connectivity index (χ0) is 18.0. The summed E-state index contributed by atoms with van der Waals surface area (Å²) in [5, 5.41) is 0. The predicted molar refractivity (Wildman–Crippen MR) is 111 cm³/mol. The van der Waals surface area contributed by atoms with Crippen molar-refractivity contribution >= 4 is 0 Å². The summed E-state index contributed by atoms with van der Waals surface area (Å²) in [5.74, 6) is 0. The Bertz CT molecular complexity index is 382. The van der Waals surface area contributed by atoms with Gasteiger partial charge in [0.2, 0.25) is 0 Å². The maximum Gasteiger partial charge on any atom is 0.169 e. The summed E-state index contributed by atoms with van der Waals surface area (Å²) in [5.41, 5.74) is 1.51. The van der Waals surface area contributed by atoms with E-state index in [0.717, 1.165) is 0 Å². The number of hydrogen-bond acceptors (Lipinski definition) is 0. The van der Waals surface area contributed by atoms with Crippen LogP contribution in [0.4, 0.5) is 0 Å². The van der Waals surface area contributed by atoms with Crippen LogP contribution >= 0.6 is 0 Å². The Morgan fingerprint density at radius 3 is 1.52 bits per heavy atom. The van der Waals surface area contributed by atoms with Crippen molar-refractivity contribution in [3.05, 3.63) is 30.1 Å². The molecule has 0 saturated heterocycles. The van der Waals surface area contributed by atoms with E-state index in [9.17, 15) is 0 Å². The average molecular weight is 347 g/mol. The lowest BCUT2D eigenvalue weighted by atomic mass is 10.1. The van der Waals surface area contributed by atoms with Crippen LogP contribution in [-0.4, -0.2) is 0 Å². The quantitative estimate of drug-likeness (QED) is 0.204. The SMILES string of the molecule is CCCCCCCCCCCCC[n+]1ccc(CCCCCC)cc1. The highest BCUT2D eigenvalue weighted by Crippen LogP contribution is 2.11. The van der Waals surface area contributed by atoms with E-state index in [-0.39, 0.29) is 0 Å². The molecule has 144 valence electrons. The van der Waals surface area contributed by atoms with E-state index in [0.29, 0.717) is 0 Å². The van der Waals surface area contributed by atoms with Gasteiger partial charge in [-0.25, -0.2) is 4.57 Å². The second-order valence-corrected chi connectivity index (χ2v) is 7.79. The van der Waals surface area contributed by atoms with Gasteiger partial charge in [0.25, 0.3) is 0 Å². The fourth-order valence-electron chi connectivity index (χ4n) is 3.52. The zero-order valence-electron chi connectivity index (χ0n) is 17.3. The summed E-state index contributed by atoms with van der Waals surface area (Å²) < 4.78 is 2.36. The Morgan fingerprint density at radius 1 is 0.560 bits per heavy atom. The van der Waals surface area contributed by atoms with Gasteiger partial charge in [-0.2, -0.15) is 0 Å². The zero-order valence-corrected chi connectivity index (χ0v) is 17.3. The van der Waals surface area contributed by atoms with Crippen LogP contribution in [0.25, 0.3) is 0 Å². The van der Waals surface area contributed by atoms with Gasteiger partial charge in [-0.1, -0.05) is 90.9 Å². The van der Waals surface area contributed by atoms with Crippen LogP contribution in [0.5, 0.6) is 0 Å². The van der Waals surface area contributed by atoms with Crippen LogP contribution in [0.3, 0.4) is 0 Å².